The normalized spacial score (nSPS) is 19.2. The Morgan fingerprint density at radius 2 is 1.77 bits per heavy atom. The van der Waals surface area contributed by atoms with Gasteiger partial charge in [-0.2, -0.15) is 0 Å². The monoisotopic (exact) mass is 527 g/mol. The van der Waals surface area contributed by atoms with Gasteiger partial charge in [-0.3, -0.25) is 9.69 Å². The molecule has 0 spiro atoms. The molecular formula is C30H37N7O2. The van der Waals surface area contributed by atoms with Crippen molar-refractivity contribution in [2.45, 2.75) is 59.2 Å². The van der Waals surface area contributed by atoms with Crippen molar-refractivity contribution in [3.05, 3.63) is 80.4 Å². The van der Waals surface area contributed by atoms with Gasteiger partial charge in [-0.1, -0.05) is 24.3 Å². The van der Waals surface area contributed by atoms with E-state index in [1.807, 2.05) is 11.6 Å². The number of aromatic amines is 1. The summed E-state index contributed by atoms with van der Waals surface area (Å²) in [5.74, 6) is 0.695. The molecule has 1 N–H and O–H groups in total. The maximum atomic E-state index is 13.7. The average molecular weight is 528 g/mol. The van der Waals surface area contributed by atoms with E-state index in [2.05, 4.69) is 87.5 Å². The highest BCUT2D eigenvalue weighted by Gasteiger charge is 2.34. The van der Waals surface area contributed by atoms with Crippen molar-refractivity contribution < 1.29 is 4.74 Å². The lowest BCUT2D eigenvalue weighted by Crippen LogP contribution is -2.49. The molecule has 0 amide bonds. The third-order valence-electron chi connectivity index (χ3n) is 8.36. The molecule has 2 aliphatic rings. The van der Waals surface area contributed by atoms with Gasteiger partial charge in [0.1, 0.15) is 6.04 Å². The van der Waals surface area contributed by atoms with E-state index in [1.165, 1.54) is 16.8 Å². The summed E-state index contributed by atoms with van der Waals surface area (Å²) in [6.45, 7) is 13.1. The van der Waals surface area contributed by atoms with E-state index in [0.717, 1.165) is 67.7 Å². The van der Waals surface area contributed by atoms with E-state index < -0.39 is 0 Å². The van der Waals surface area contributed by atoms with Gasteiger partial charge in [0.25, 0.3) is 5.56 Å². The molecule has 0 radical (unpaired) electrons. The van der Waals surface area contributed by atoms with Gasteiger partial charge in [-0.05, 0) is 85.3 Å². The Morgan fingerprint density at radius 3 is 2.54 bits per heavy atom. The van der Waals surface area contributed by atoms with Crippen molar-refractivity contribution in [2.75, 3.05) is 37.7 Å². The van der Waals surface area contributed by atoms with Crippen LogP contribution in [0.2, 0.25) is 0 Å². The van der Waals surface area contributed by atoms with E-state index in [-0.39, 0.29) is 17.7 Å². The highest BCUT2D eigenvalue weighted by atomic mass is 16.5. The largest absolute Gasteiger partial charge is 0.376 e. The maximum Gasteiger partial charge on any atom is 0.253 e. The van der Waals surface area contributed by atoms with E-state index in [4.69, 9.17) is 4.74 Å². The first-order valence-corrected chi connectivity index (χ1v) is 14.0. The summed E-state index contributed by atoms with van der Waals surface area (Å²) in [6.07, 6.45) is 2.14. The van der Waals surface area contributed by atoms with Crippen LogP contribution in [-0.2, 0) is 11.3 Å². The number of benzene rings is 2. The van der Waals surface area contributed by atoms with Gasteiger partial charge in [0, 0.05) is 49.4 Å². The second-order valence-electron chi connectivity index (χ2n) is 11.1. The highest BCUT2D eigenvalue weighted by molar-refractivity contribution is 5.85. The SMILES string of the molecule is Cc1ccc(C)c(N2CCN([C@@H](c3cc4c(C)ccc(C)c4[nH]c3=O)c3nnnn3C[C@H]3CCCO3)CC2)c1. The summed E-state index contributed by atoms with van der Waals surface area (Å²) < 4.78 is 7.75. The lowest BCUT2D eigenvalue weighted by Gasteiger charge is -2.40. The number of aromatic nitrogens is 5. The Morgan fingerprint density at radius 1 is 1.00 bits per heavy atom. The van der Waals surface area contributed by atoms with Crippen molar-refractivity contribution in [1.82, 2.24) is 30.1 Å². The zero-order valence-corrected chi connectivity index (χ0v) is 23.3. The quantitative estimate of drug-likeness (QED) is 0.407. The molecule has 39 heavy (non-hydrogen) atoms. The molecule has 0 aliphatic carbocycles. The van der Waals surface area contributed by atoms with Gasteiger partial charge in [-0.15, -0.1) is 5.10 Å². The standard InChI is InChI=1S/C30H37N7O2/c1-19-7-8-21(3)26(16-19)35-11-13-36(14-12-35)28(29-32-33-34-37(29)18-23-6-5-15-39-23)25-17-24-20(2)9-10-22(4)27(24)31-30(25)38/h7-10,16-17,23,28H,5-6,11-15,18H2,1-4H3,(H,31,38)/t23-,28+/m1/s1. The Balaban J connectivity index is 1.39. The fraction of sp³-hybridized carbons (Fsp3) is 0.467. The van der Waals surface area contributed by atoms with Gasteiger partial charge < -0.3 is 14.6 Å². The predicted molar refractivity (Wildman–Crippen MR) is 152 cm³/mol. The van der Waals surface area contributed by atoms with Crippen LogP contribution in [0.15, 0.2) is 41.2 Å². The molecule has 0 bridgehead atoms. The number of piperazine rings is 1. The second-order valence-corrected chi connectivity index (χ2v) is 11.1. The third-order valence-corrected chi connectivity index (χ3v) is 8.36. The maximum absolute atomic E-state index is 13.7. The molecule has 0 saturated carbocycles. The summed E-state index contributed by atoms with van der Waals surface area (Å²) >= 11 is 0. The molecule has 4 heterocycles. The van der Waals surface area contributed by atoms with E-state index in [9.17, 15) is 4.79 Å². The number of pyridine rings is 1. The van der Waals surface area contributed by atoms with Crippen molar-refractivity contribution in [3.8, 4) is 0 Å². The molecule has 4 aromatic rings. The number of fused-ring (bicyclic) bond motifs is 1. The van der Waals surface area contributed by atoms with Crippen LogP contribution >= 0.6 is 0 Å². The Bertz CT molecular complexity index is 1540. The zero-order chi connectivity index (χ0) is 27.1. The molecule has 2 saturated heterocycles. The van der Waals surface area contributed by atoms with Crippen molar-refractivity contribution in [2.24, 2.45) is 0 Å². The highest BCUT2D eigenvalue weighted by Crippen LogP contribution is 2.31. The van der Waals surface area contributed by atoms with Gasteiger partial charge in [0.05, 0.1) is 18.2 Å². The Hall–Kier alpha value is -3.56. The number of ether oxygens (including phenoxy) is 1. The summed E-state index contributed by atoms with van der Waals surface area (Å²) in [5.41, 5.74) is 7.49. The lowest BCUT2D eigenvalue weighted by molar-refractivity contribution is 0.0906. The predicted octanol–water partition coefficient (Wildman–Crippen LogP) is 3.84. The van der Waals surface area contributed by atoms with Gasteiger partial charge >= 0.3 is 0 Å². The van der Waals surface area contributed by atoms with Crippen molar-refractivity contribution in [1.29, 1.82) is 0 Å². The summed E-state index contributed by atoms with van der Waals surface area (Å²) in [7, 11) is 0. The topological polar surface area (TPSA) is 92.2 Å². The molecule has 9 heteroatoms. The minimum absolute atomic E-state index is 0.0915. The number of H-pyrrole nitrogens is 1. The summed E-state index contributed by atoms with van der Waals surface area (Å²) in [5, 5.41) is 14.0. The number of aryl methyl sites for hydroxylation is 4. The zero-order valence-electron chi connectivity index (χ0n) is 23.3. The van der Waals surface area contributed by atoms with Crippen LogP contribution in [0.4, 0.5) is 5.69 Å². The Labute approximate surface area is 228 Å². The molecule has 0 unspecified atom stereocenters. The number of hydrogen-bond donors (Lipinski definition) is 1. The van der Waals surface area contributed by atoms with Crippen LogP contribution in [0.3, 0.4) is 0 Å². The van der Waals surface area contributed by atoms with Crippen LogP contribution < -0.4 is 10.5 Å². The van der Waals surface area contributed by atoms with Crippen LogP contribution in [0.5, 0.6) is 0 Å². The fourth-order valence-electron chi connectivity index (χ4n) is 6.09. The molecule has 2 aromatic carbocycles. The first kappa shape index (κ1) is 25.7. The molecule has 2 atom stereocenters. The molecular weight excluding hydrogens is 490 g/mol. The first-order valence-electron chi connectivity index (χ1n) is 14.0. The number of hydrogen-bond acceptors (Lipinski definition) is 7. The third kappa shape index (κ3) is 4.96. The number of rotatable bonds is 6. The Kier molecular flexibility index (Phi) is 6.95. The van der Waals surface area contributed by atoms with Gasteiger partial charge in [0.15, 0.2) is 5.82 Å². The fourth-order valence-corrected chi connectivity index (χ4v) is 6.09. The molecule has 9 nitrogen and oxygen atoms in total. The van der Waals surface area contributed by atoms with E-state index in [0.29, 0.717) is 17.9 Å². The number of nitrogens with one attached hydrogen (secondary N) is 1. The molecule has 2 aliphatic heterocycles. The van der Waals surface area contributed by atoms with Gasteiger partial charge in [0.2, 0.25) is 0 Å². The second kappa shape index (κ2) is 10.5. The van der Waals surface area contributed by atoms with Crippen LogP contribution in [0.1, 0.15) is 52.5 Å². The van der Waals surface area contributed by atoms with E-state index >= 15 is 0 Å². The van der Waals surface area contributed by atoms with Crippen molar-refractivity contribution in [3.63, 3.8) is 0 Å². The number of tetrazole rings is 1. The minimum Gasteiger partial charge on any atom is -0.376 e. The molecule has 2 fully saturated rings. The first-order chi connectivity index (χ1) is 18.9. The number of anilines is 1. The van der Waals surface area contributed by atoms with E-state index in [1.54, 1.807) is 0 Å². The lowest BCUT2D eigenvalue weighted by atomic mass is 9.99. The molecule has 204 valence electrons. The van der Waals surface area contributed by atoms with Crippen molar-refractivity contribution >= 4 is 16.6 Å². The summed E-state index contributed by atoms with van der Waals surface area (Å²) in [4.78, 5) is 21.7. The van der Waals surface area contributed by atoms with Crippen LogP contribution in [0.25, 0.3) is 10.9 Å². The van der Waals surface area contributed by atoms with Gasteiger partial charge in [-0.25, -0.2) is 4.68 Å². The summed E-state index contributed by atoms with van der Waals surface area (Å²) in [6, 6.07) is 12.5. The molecule has 6 rings (SSSR count). The minimum atomic E-state index is -0.366. The molecule has 2 aromatic heterocycles. The number of nitrogens with zero attached hydrogens (tertiary/aromatic N) is 6. The van der Waals surface area contributed by atoms with Crippen LogP contribution in [-0.4, -0.2) is 69.0 Å². The smallest absolute Gasteiger partial charge is 0.253 e. The average Bonchev–Trinajstić information content (AvgIpc) is 3.62. The van der Waals surface area contributed by atoms with Crippen LogP contribution in [0, 0.1) is 27.7 Å².